The third-order valence-corrected chi connectivity index (χ3v) is 4.29. The molecule has 0 spiro atoms. The molecule has 0 bridgehead atoms. The van der Waals surface area contributed by atoms with Crippen LogP contribution in [0, 0.1) is 0 Å². The Morgan fingerprint density at radius 2 is 1.87 bits per heavy atom. The highest BCUT2D eigenvalue weighted by atomic mass is 35.5. The summed E-state index contributed by atoms with van der Waals surface area (Å²) in [4.78, 5) is 47.1. The second kappa shape index (κ2) is 7.98. The fraction of sp³-hybridized carbons (Fsp3) is 0.286. The number of thioether (sulfide) groups is 1. The average Bonchev–Trinajstić information content (AvgIpc) is 2.85. The van der Waals surface area contributed by atoms with Crippen LogP contribution in [0.1, 0.15) is 5.56 Å². The zero-order valence-corrected chi connectivity index (χ0v) is 13.6. The predicted molar refractivity (Wildman–Crippen MR) is 85.9 cm³/mol. The lowest BCUT2D eigenvalue weighted by atomic mass is 10.2. The van der Waals surface area contributed by atoms with Gasteiger partial charge in [-0.05, 0) is 11.6 Å². The molecule has 1 aromatic carbocycles. The minimum absolute atomic E-state index is 0.0242. The van der Waals surface area contributed by atoms with Gasteiger partial charge in [0.05, 0.1) is 5.75 Å². The zero-order valence-electron chi connectivity index (χ0n) is 12.0. The third-order valence-electron chi connectivity index (χ3n) is 3.06. The summed E-state index contributed by atoms with van der Waals surface area (Å²) in [6.07, 6.45) is 0. The third kappa shape index (κ3) is 4.70. The van der Waals surface area contributed by atoms with Crippen LogP contribution >= 0.6 is 23.4 Å². The van der Waals surface area contributed by atoms with Crippen LogP contribution in [0.5, 0.6) is 0 Å². The molecule has 2 N–H and O–H groups in total. The molecule has 0 unspecified atom stereocenters. The van der Waals surface area contributed by atoms with Crippen molar-refractivity contribution in [3.63, 3.8) is 0 Å². The maximum Gasteiger partial charge on any atom is 0.309 e. The number of hydrogen-bond donors (Lipinski definition) is 2. The van der Waals surface area contributed by atoms with Gasteiger partial charge in [-0.3, -0.25) is 24.1 Å². The molecule has 9 heteroatoms. The Bertz CT molecular complexity index is 637. The predicted octanol–water partition coefficient (Wildman–Crippen LogP) is 0.768. The lowest BCUT2D eigenvalue weighted by molar-refractivity contribution is -0.139. The number of amides is 4. The Balaban J connectivity index is 1.73. The molecule has 4 amide bonds. The van der Waals surface area contributed by atoms with Gasteiger partial charge in [-0.1, -0.05) is 41.6 Å². The van der Waals surface area contributed by atoms with Crippen molar-refractivity contribution in [1.29, 1.82) is 0 Å². The molecule has 1 aromatic rings. The first-order chi connectivity index (χ1) is 11.0. The second-order valence-electron chi connectivity index (χ2n) is 4.63. The van der Waals surface area contributed by atoms with E-state index in [9.17, 15) is 19.2 Å². The highest BCUT2D eigenvalue weighted by molar-refractivity contribution is 8.14. The average molecular weight is 356 g/mol. The molecule has 1 aliphatic heterocycles. The standard InChI is InChI=1S/C14H14ClN3O4S/c15-10-4-2-1-3-9(10)7-17-13(21)12(20)16-5-6-18-11(19)8-23-14(18)22/h1-4H,5-8H2,(H,16,20)(H,17,21). The maximum atomic E-state index is 11.7. The van der Waals surface area contributed by atoms with Crippen LogP contribution in [0.3, 0.4) is 0 Å². The minimum atomic E-state index is -0.830. The highest BCUT2D eigenvalue weighted by Gasteiger charge is 2.29. The van der Waals surface area contributed by atoms with Crippen LogP contribution in [0.4, 0.5) is 4.79 Å². The zero-order chi connectivity index (χ0) is 16.8. The van der Waals surface area contributed by atoms with Crippen molar-refractivity contribution in [2.75, 3.05) is 18.8 Å². The first-order valence-corrected chi connectivity index (χ1v) is 8.12. The SMILES string of the molecule is O=C(NCCN1C(=O)CSC1=O)C(=O)NCc1ccccc1Cl. The van der Waals surface area contributed by atoms with Crippen LogP contribution < -0.4 is 10.6 Å². The molecule has 1 fully saturated rings. The van der Waals surface area contributed by atoms with Gasteiger partial charge in [0.1, 0.15) is 0 Å². The quantitative estimate of drug-likeness (QED) is 0.760. The Labute approximate surface area is 141 Å². The summed E-state index contributed by atoms with van der Waals surface area (Å²) in [7, 11) is 0. The summed E-state index contributed by atoms with van der Waals surface area (Å²) in [6, 6.07) is 6.96. The Morgan fingerprint density at radius 1 is 1.17 bits per heavy atom. The van der Waals surface area contributed by atoms with E-state index < -0.39 is 11.8 Å². The van der Waals surface area contributed by atoms with Gasteiger partial charge in [-0.25, -0.2) is 0 Å². The molecule has 1 saturated heterocycles. The molecule has 0 saturated carbocycles. The summed E-state index contributed by atoms with van der Waals surface area (Å²) < 4.78 is 0. The number of imide groups is 1. The van der Waals surface area contributed by atoms with Crippen molar-refractivity contribution >= 4 is 46.3 Å². The van der Waals surface area contributed by atoms with Crippen LogP contribution in [-0.2, 0) is 20.9 Å². The normalized spacial score (nSPS) is 14.0. The molecule has 0 aliphatic carbocycles. The number of benzene rings is 1. The Hall–Kier alpha value is -2.06. The second-order valence-corrected chi connectivity index (χ2v) is 5.96. The largest absolute Gasteiger partial charge is 0.346 e. The summed E-state index contributed by atoms with van der Waals surface area (Å²) in [5.41, 5.74) is 0.695. The number of halogens is 1. The number of carbonyl (C=O) groups excluding carboxylic acids is 4. The van der Waals surface area contributed by atoms with Gasteiger partial charge in [0.2, 0.25) is 5.91 Å². The molecular weight excluding hydrogens is 342 g/mol. The van der Waals surface area contributed by atoms with Crippen molar-refractivity contribution < 1.29 is 19.2 Å². The fourth-order valence-corrected chi connectivity index (χ4v) is 2.81. The summed E-state index contributed by atoms with van der Waals surface area (Å²) in [6.45, 7) is 0.205. The number of nitrogens with zero attached hydrogens (tertiary/aromatic N) is 1. The van der Waals surface area contributed by atoms with Gasteiger partial charge < -0.3 is 10.6 Å². The van der Waals surface area contributed by atoms with E-state index in [0.29, 0.717) is 10.6 Å². The highest BCUT2D eigenvalue weighted by Crippen LogP contribution is 2.17. The topological polar surface area (TPSA) is 95.6 Å². The molecule has 1 aliphatic rings. The molecule has 122 valence electrons. The van der Waals surface area contributed by atoms with Crippen molar-refractivity contribution in [1.82, 2.24) is 15.5 Å². The van der Waals surface area contributed by atoms with Crippen molar-refractivity contribution in [2.24, 2.45) is 0 Å². The van der Waals surface area contributed by atoms with Crippen molar-refractivity contribution in [3.05, 3.63) is 34.9 Å². The maximum absolute atomic E-state index is 11.7. The lowest BCUT2D eigenvalue weighted by Crippen LogP contribution is -2.43. The van der Waals surface area contributed by atoms with Gasteiger partial charge in [-0.2, -0.15) is 0 Å². The number of nitrogens with one attached hydrogen (secondary N) is 2. The molecule has 0 radical (unpaired) electrons. The van der Waals surface area contributed by atoms with E-state index in [1.165, 1.54) is 0 Å². The van der Waals surface area contributed by atoms with E-state index >= 15 is 0 Å². The Morgan fingerprint density at radius 3 is 2.52 bits per heavy atom. The molecular formula is C14H14ClN3O4S. The van der Waals surface area contributed by atoms with Gasteiger partial charge in [0.15, 0.2) is 0 Å². The number of carbonyl (C=O) groups is 4. The van der Waals surface area contributed by atoms with Crippen LogP contribution in [0.2, 0.25) is 5.02 Å². The van der Waals surface area contributed by atoms with E-state index in [0.717, 1.165) is 16.7 Å². The molecule has 2 rings (SSSR count). The smallest absolute Gasteiger partial charge is 0.309 e. The van der Waals surface area contributed by atoms with E-state index in [1.807, 2.05) is 0 Å². The van der Waals surface area contributed by atoms with Gasteiger partial charge in [0, 0.05) is 24.7 Å². The van der Waals surface area contributed by atoms with Crippen LogP contribution in [-0.4, -0.2) is 46.7 Å². The lowest BCUT2D eigenvalue weighted by Gasteiger charge is -2.13. The van der Waals surface area contributed by atoms with Gasteiger partial charge in [0.25, 0.3) is 5.24 Å². The minimum Gasteiger partial charge on any atom is -0.346 e. The monoisotopic (exact) mass is 355 g/mol. The molecule has 7 nitrogen and oxygen atoms in total. The summed E-state index contributed by atoms with van der Waals surface area (Å²) in [5, 5.41) is 4.97. The molecule has 0 aromatic heterocycles. The molecule has 1 heterocycles. The number of hydrogen-bond acceptors (Lipinski definition) is 5. The molecule has 23 heavy (non-hydrogen) atoms. The molecule has 0 atom stereocenters. The first-order valence-electron chi connectivity index (χ1n) is 6.75. The van der Waals surface area contributed by atoms with Gasteiger partial charge in [-0.15, -0.1) is 0 Å². The van der Waals surface area contributed by atoms with E-state index in [-0.39, 0.29) is 36.5 Å². The van der Waals surface area contributed by atoms with Crippen LogP contribution in [0.15, 0.2) is 24.3 Å². The van der Waals surface area contributed by atoms with Gasteiger partial charge >= 0.3 is 11.8 Å². The van der Waals surface area contributed by atoms with Crippen molar-refractivity contribution in [2.45, 2.75) is 6.54 Å². The first kappa shape index (κ1) is 17.3. The van der Waals surface area contributed by atoms with E-state index in [2.05, 4.69) is 10.6 Å². The number of rotatable bonds is 5. The van der Waals surface area contributed by atoms with Crippen molar-refractivity contribution in [3.8, 4) is 0 Å². The summed E-state index contributed by atoms with van der Waals surface area (Å²) in [5.74, 6) is -1.81. The van der Waals surface area contributed by atoms with Crippen LogP contribution in [0.25, 0.3) is 0 Å². The fourth-order valence-electron chi connectivity index (χ4n) is 1.86. The van der Waals surface area contributed by atoms with E-state index in [1.54, 1.807) is 24.3 Å². The Kier molecular flexibility index (Phi) is 6.00. The summed E-state index contributed by atoms with van der Waals surface area (Å²) >= 11 is 6.87. The van der Waals surface area contributed by atoms with E-state index in [4.69, 9.17) is 11.6 Å².